The van der Waals surface area contributed by atoms with Crippen LogP contribution in [0.15, 0.2) is 58.7 Å². The molecule has 2 N–H and O–H groups in total. The highest BCUT2D eigenvalue weighted by molar-refractivity contribution is 6.13. The normalized spacial score (nSPS) is 19.8. The van der Waals surface area contributed by atoms with E-state index in [4.69, 9.17) is 0 Å². The third-order valence-electron chi connectivity index (χ3n) is 7.65. The second-order valence-corrected chi connectivity index (χ2v) is 14.2. The van der Waals surface area contributed by atoms with E-state index in [1.54, 1.807) is 0 Å². The summed E-state index contributed by atoms with van der Waals surface area (Å²) < 4.78 is 0. The number of allylic oxidation sites excluding steroid dienone is 10. The smallest absolute Gasteiger partial charge is 0.188 e. The van der Waals surface area contributed by atoms with Gasteiger partial charge in [0.2, 0.25) is 0 Å². The lowest BCUT2D eigenvalue weighted by atomic mass is 9.77. The van der Waals surface area contributed by atoms with Crippen LogP contribution in [0.4, 0.5) is 0 Å². The van der Waals surface area contributed by atoms with Crippen LogP contribution >= 0.6 is 0 Å². The van der Waals surface area contributed by atoms with Gasteiger partial charge in [-0.3, -0.25) is 9.59 Å². The predicted molar refractivity (Wildman–Crippen MR) is 158 cm³/mol. The van der Waals surface area contributed by atoms with Crippen molar-refractivity contribution in [1.82, 2.24) is 0 Å². The van der Waals surface area contributed by atoms with Gasteiger partial charge in [-0.15, -0.1) is 0 Å². The zero-order chi connectivity index (χ0) is 28.8. The first kappa shape index (κ1) is 32.2. The third-order valence-corrected chi connectivity index (χ3v) is 7.65. The number of Topliss-reactive ketones (excluding diaryl/α,β-unsaturated/α-hetero) is 2. The van der Waals surface area contributed by atoms with Crippen LogP contribution in [0.25, 0.3) is 0 Å². The minimum Gasteiger partial charge on any atom is -0.396 e. The standard InChI is InChI=1S/C34H52O4/c1-31(2,23-35)17-11-9-13-25-19-33(5,6)21-27(29(25)37)15-16-28-22-34(7,8)20-26(30(28)38)14-10-12-18-32(3,4)24-36/h15-16,19-22,35-36H,9-14,17-18,23-24H2,1-8H3/b16-15-. The number of rotatable bonds is 14. The van der Waals surface area contributed by atoms with E-state index in [9.17, 15) is 19.8 Å². The molecule has 0 aliphatic heterocycles. The molecule has 38 heavy (non-hydrogen) atoms. The molecule has 0 aromatic carbocycles. The van der Waals surface area contributed by atoms with Gasteiger partial charge in [-0.2, -0.15) is 0 Å². The number of hydrogen-bond donors (Lipinski definition) is 2. The van der Waals surface area contributed by atoms with E-state index < -0.39 is 0 Å². The van der Waals surface area contributed by atoms with Crippen LogP contribution in [0.3, 0.4) is 0 Å². The Hall–Kier alpha value is -2.04. The van der Waals surface area contributed by atoms with Crippen molar-refractivity contribution in [3.63, 3.8) is 0 Å². The molecule has 2 aliphatic rings. The average Bonchev–Trinajstić information content (AvgIpc) is 2.82. The number of aliphatic hydroxyl groups excluding tert-OH is 2. The average molecular weight is 525 g/mol. The zero-order valence-corrected chi connectivity index (χ0v) is 25.2. The summed E-state index contributed by atoms with van der Waals surface area (Å²) in [6.07, 6.45) is 18.9. The summed E-state index contributed by atoms with van der Waals surface area (Å²) in [5, 5.41) is 19.0. The maximum Gasteiger partial charge on any atom is 0.188 e. The van der Waals surface area contributed by atoms with Crippen LogP contribution in [-0.4, -0.2) is 35.0 Å². The lowest BCUT2D eigenvalue weighted by Gasteiger charge is -2.26. The van der Waals surface area contributed by atoms with Crippen molar-refractivity contribution in [2.75, 3.05) is 13.2 Å². The molecule has 0 heterocycles. The molecule has 0 saturated heterocycles. The Labute approximate surface area is 231 Å². The number of unbranched alkanes of at least 4 members (excludes halogenated alkanes) is 2. The molecule has 0 aromatic heterocycles. The van der Waals surface area contributed by atoms with Gasteiger partial charge >= 0.3 is 0 Å². The zero-order valence-electron chi connectivity index (χ0n) is 25.2. The molecular weight excluding hydrogens is 472 g/mol. The van der Waals surface area contributed by atoms with E-state index in [2.05, 4.69) is 67.5 Å². The second kappa shape index (κ2) is 12.9. The minimum atomic E-state index is -0.231. The van der Waals surface area contributed by atoms with Gasteiger partial charge < -0.3 is 10.2 Å². The molecular formula is C34H52O4. The second-order valence-electron chi connectivity index (χ2n) is 14.2. The number of aliphatic hydroxyl groups is 2. The maximum absolute atomic E-state index is 13.3. The summed E-state index contributed by atoms with van der Waals surface area (Å²) in [6, 6.07) is 0. The highest BCUT2D eigenvalue weighted by Crippen LogP contribution is 2.35. The van der Waals surface area contributed by atoms with E-state index in [1.807, 2.05) is 24.3 Å². The van der Waals surface area contributed by atoms with Crippen LogP contribution in [0.5, 0.6) is 0 Å². The van der Waals surface area contributed by atoms with Crippen molar-refractivity contribution in [3.05, 3.63) is 58.7 Å². The van der Waals surface area contributed by atoms with Gasteiger partial charge in [0, 0.05) is 35.2 Å². The monoisotopic (exact) mass is 524 g/mol. The molecule has 2 rings (SSSR count). The topological polar surface area (TPSA) is 74.6 Å². The van der Waals surface area contributed by atoms with E-state index in [0.717, 1.165) is 62.5 Å². The first-order chi connectivity index (χ1) is 17.5. The Morgan fingerprint density at radius 3 is 1.29 bits per heavy atom. The Kier molecular flexibility index (Phi) is 10.9. The highest BCUT2D eigenvalue weighted by atomic mass is 16.3. The van der Waals surface area contributed by atoms with Crippen molar-refractivity contribution >= 4 is 11.6 Å². The van der Waals surface area contributed by atoms with Crippen molar-refractivity contribution in [1.29, 1.82) is 0 Å². The number of carbonyl (C=O) groups is 2. The first-order valence-electron chi connectivity index (χ1n) is 14.4. The summed E-state index contributed by atoms with van der Waals surface area (Å²) in [5.41, 5.74) is 2.35. The fourth-order valence-electron chi connectivity index (χ4n) is 5.21. The molecule has 0 radical (unpaired) electrons. The quantitative estimate of drug-likeness (QED) is 0.229. The van der Waals surface area contributed by atoms with Gasteiger partial charge in [-0.1, -0.05) is 105 Å². The lowest BCUT2D eigenvalue weighted by molar-refractivity contribution is -0.113. The number of ketones is 2. The van der Waals surface area contributed by atoms with E-state index >= 15 is 0 Å². The Morgan fingerprint density at radius 1 is 0.632 bits per heavy atom. The first-order valence-corrected chi connectivity index (χ1v) is 14.4. The number of carbonyl (C=O) groups excluding carboxylic acids is 2. The molecule has 0 bridgehead atoms. The number of hydrogen-bond acceptors (Lipinski definition) is 4. The summed E-state index contributed by atoms with van der Waals surface area (Å²) in [4.78, 5) is 26.7. The molecule has 4 nitrogen and oxygen atoms in total. The molecule has 0 unspecified atom stereocenters. The van der Waals surface area contributed by atoms with Crippen molar-refractivity contribution in [2.24, 2.45) is 21.7 Å². The molecule has 212 valence electrons. The third kappa shape index (κ3) is 9.93. The highest BCUT2D eigenvalue weighted by Gasteiger charge is 2.28. The Balaban J connectivity index is 2.08. The SMILES string of the molecule is CC1(C)C=C(/C=C\C2=CC(C)(C)C=C(CCCCC(C)(C)CO)C2=O)C(=O)C(CCCCC(C)(C)CO)=C1. The predicted octanol–water partition coefficient (Wildman–Crippen LogP) is 7.62. The van der Waals surface area contributed by atoms with Crippen LogP contribution in [0, 0.1) is 21.7 Å². The Bertz CT molecular complexity index is 943. The van der Waals surface area contributed by atoms with E-state index in [1.165, 1.54) is 0 Å². The molecule has 0 amide bonds. The van der Waals surface area contributed by atoms with Gasteiger partial charge in [-0.25, -0.2) is 0 Å². The summed E-state index contributed by atoms with van der Waals surface area (Å²) in [7, 11) is 0. The molecule has 4 heteroatoms. The summed E-state index contributed by atoms with van der Waals surface area (Å²) >= 11 is 0. The molecule has 0 atom stereocenters. The van der Waals surface area contributed by atoms with Gasteiger partial charge in [-0.05, 0) is 60.5 Å². The minimum absolute atomic E-state index is 0.0485. The van der Waals surface area contributed by atoms with Crippen LogP contribution < -0.4 is 0 Å². The molecule has 0 aromatic rings. The van der Waals surface area contributed by atoms with Crippen LogP contribution in [-0.2, 0) is 9.59 Å². The largest absolute Gasteiger partial charge is 0.396 e. The summed E-state index contributed by atoms with van der Waals surface area (Å²) in [6.45, 7) is 17.0. The van der Waals surface area contributed by atoms with Gasteiger partial charge in [0.1, 0.15) is 0 Å². The molecule has 2 aliphatic carbocycles. The molecule has 0 fully saturated rings. The van der Waals surface area contributed by atoms with Gasteiger partial charge in [0.05, 0.1) is 0 Å². The fourth-order valence-corrected chi connectivity index (χ4v) is 5.21. The van der Waals surface area contributed by atoms with Crippen molar-refractivity contribution in [3.8, 4) is 0 Å². The van der Waals surface area contributed by atoms with Gasteiger partial charge in [0.25, 0.3) is 0 Å². The van der Waals surface area contributed by atoms with Gasteiger partial charge in [0.15, 0.2) is 11.6 Å². The Morgan fingerprint density at radius 2 is 0.974 bits per heavy atom. The fraction of sp³-hybridized carbons (Fsp3) is 0.647. The molecule has 0 spiro atoms. The lowest BCUT2D eigenvalue weighted by Crippen LogP contribution is -2.20. The summed E-state index contributed by atoms with van der Waals surface area (Å²) in [5.74, 6) is 0.0970. The van der Waals surface area contributed by atoms with E-state index in [-0.39, 0.29) is 46.4 Å². The van der Waals surface area contributed by atoms with Crippen molar-refractivity contribution in [2.45, 2.75) is 107 Å². The maximum atomic E-state index is 13.3. The van der Waals surface area contributed by atoms with E-state index in [0.29, 0.717) is 11.1 Å². The molecule has 0 saturated carbocycles. The van der Waals surface area contributed by atoms with Crippen LogP contribution in [0.2, 0.25) is 0 Å². The van der Waals surface area contributed by atoms with Crippen LogP contribution in [0.1, 0.15) is 107 Å². The van der Waals surface area contributed by atoms with Crippen molar-refractivity contribution < 1.29 is 19.8 Å².